The van der Waals surface area contributed by atoms with Gasteiger partial charge in [0.15, 0.2) is 0 Å². The minimum absolute atomic E-state index is 0.0224. The second-order valence-corrected chi connectivity index (χ2v) is 13.7. The lowest BCUT2D eigenvalue weighted by molar-refractivity contribution is -0.135. The van der Waals surface area contributed by atoms with Crippen LogP contribution in [0.15, 0.2) is 66.7 Å². The molecule has 1 heterocycles. The Hall–Kier alpha value is -4.01. The lowest BCUT2D eigenvalue weighted by Gasteiger charge is -2.37. The van der Waals surface area contributed by atoms with Crippen LogP contribution in [0.3, 0.4) is 0 Å². The molecule has 1 aliphatic heterocycles. The summed E-state index contributed by atoms with van der Waals surface area (Å²) in [6.07, 6.45) is 1.45. The summed E-state index contributed by atoms with van der Waals surface area (Å²) in [7, 11) is 7.83. The van der Waals surface area contributed by atoms with Gasteiger partial charge in [0.1, 0.15) is 5.75 Å². The smallest absolute Gasteiger partial charge is 0.255 e. The molecule has 0 spiro atoms. The summed E-state index contributed by atoms with van der Waals surface area (Å²) < 4.78 is 6.95. The van der Waals surface area contributed by atoms with Gasteiger partial charge >= 0.3 is 0 Å². The van der Waals surface area contributed by atoms with Crippen molar-refractivity contribution in [2.75, 3.05) is 72.8 Å². The Morgan fingerprint density at radius 1 is 0.938 bits per heavy atom. The number of rotatable bonds is 16. The number of halogens is 1. The molecule has 1 unspecified atom stereocenters. The zero-order valence-corrected chi connectivity index (χ0v) is 30.2. The summed E-state index contributed by atoms with van der Waals surface area (Å²) in [4.78, 5) is 59.4. The lowest BCUT2D eigenvalue weighted by atomic mass is 9.88. The van der Waals surface area contributed by atoms with Crippen molar-refractivity contribution in [3.8, 4) is 5.75 Å². The molecule has 3 aromatic carbocycles. The maximum Gasteiger partial charge on any atom is 0.255 e. The number of fused-ring (bicyclic) bond motifs is 1. The molecule has 1 atom stereocenters. The summed E-state index contributed by atoms with van der Waals surface area (Å²) in [5.74, 6) is -0.609. The fourth-order valence-corrected chi connectivity index (χ4v) is 5.90. The molecule has 0 radical (unpaired) electrons. The number of amides is 4. The first-order valence-electron chi connectivity index (χ1n) is 16.0. The van der Waals surface area contributed by atoms with E-state index in [0.717, 1.165) is 33.4 Å². The first-order valence-corrected chi connectivity index (χ1v) is 17.1. The molecular formula is C36H45IN6O5. The Kier molecular flexibility index (Phi) is 13.4. The largest absolute Gasteiger partial charge is 0.494 e. The molecule has 0 fully saturated rings. The zero-order valence-electron chi connectivity index (χ0n) is 28.1. The molecule has 12 heteroatoms. The van der Waals surface area contributed by atoms with Crippen molar-refractivity contribution in [2.45, 2.75) is 25.3 Å². The second-order valence-electron chi connectivity index (χ2n) is 12.5. The van der Waals surface area contributed by atoms with Gasteiger partial charge in [-0.3, -0.25) is 19.2 Å². The van der Waals surface area contributed by atoms with Crippen LogP contribution in [0.1, 0.15) is 50.7 Å². The maximum absolute atomic E-state index is 14.2. The summed E-state index contributed by atoms with van der Waals surface area (Å²) in [6, 6.07) is 20.0. The van der Waals surface area contributed by atoms with Crippen molar-refractivity contribution < 1.29 is 23.9 Å². The van der Waals surface area contributed by atoms with E-state index in [2.05, 4.69) is 32.8 Å². The van der Waals surface area contributed by atoms with Gasteiger partial charge in [0, 0.05) is 53.0 Å². The number of likely N-dealkylation sites (N-methyl/N-ethyl adjacent to an activating group) is 1. The highest BCUT2D eigenvalue weighted by Gasteiger charge is 2.34. The quantitative estimate of drug-likeness (QED) is 0.167. The molecule has 0 saturated carbocycles. The number of anilines is 1. The number of nitrogens with one attached hydrogen (secondary N) is 1. The Balaban J connectivity index is 1.57. The molecule has 0 saturated heterocycles. The number of primary amides is 1. The van der Waals surface area contributed by atoms with Crippen molar-refractivity contribution in [3.05, 3.63) is 92.6 Å². The summed E-state index contributed by atoms with van der Waals surface area (Å²) in [6.45, 7) is 2.39. The van der Waals surface area contributed by atoms with Gasteiger partial charge in [-0.05, 0) is 123 Å². The van der Waals surface area contributed by atoms with Gasteiger partial charge in [-0.25, -0.2) is 0 Å². The fraction of sp³-hybridized carbons (Fsp3) is 0.389. The van der Waals surface area contributed by atoms with Crippen LogP contribution in [0.2, 0.25) is 0 Å². The molecule has 0 bridgehead atoms. The monoisotopic (exact) mass is 768 g/mol. The van der Waals surface area contributed by atoms with Crippen molar-refractivity contribution in [1.29, 1.82) is 0 Å². The van der Waals surface area contributed by atoms with Crippen LogP contribution < -0.4 is 15.8 Å². The lowest BCUT2D eigenvalue weighted by Crippen LogP contribution is -2.45. The van der Waals surface area contributed by atoms with Crippen molar-refractivity contribution in [2.24, 2.45) is 5.73 Å². The molecule has 11 nitrogen and oxygen atoms in total. The fourth-order valence-electron chi connectivity index (χ4n) is 5.54. The van der Waals surface area contributed by atoms with Crippen LogP contribution in [0.25, 0.3) is 0 Å². The molecule has 1 aliphatic rings. The van der Waals surface area contributed by atoms with Crippen molar-refractivity contribution >= 4 is 51.9 Å². The van der Waals surface area contributed by atoms with Gasteiger partial charge in [0.2, 0.25) is 11.8 Å². The third-order valence-corrected chi connectivity index (χ3v) is 8.84. The standard InChI is InChI=1S/C36H45IN6O5/c1-40(2)17-5-21-48-30-14-9-25(10-15-30)32-22-27-8-13-29(39-35(46)26-6-11-28(37)12-7-26)23-31(27)36(47)43(32)18-16-34(45)42(24-33(38)44)20-19-41(3)4/h6-15,23,32H,5,16-22,24H2,1-4H3,(H2,38,44)(H,39,46). The molecule has 3 N–H and O–H groups in total. The van der Waals surface area contributed by atoms with E-state index >= 15 is 0 Å². The highest BCUT2D eigenvalue weighted by atomic mass is 127. The van der Waals surface area contributed by atoms with E-state index in [1.165, 1.54) is 4.90 Å². The first kappa shape index (κ1) is 36.8. The number of hydrogen-bond donors (Lipinski definition) is 2. The minimum Gasteiger partial charge on any atom is -0.494 e. The van der Waals surface area contributed by atoms with E-state index in [9.17, 15) is 19.2 Å². The number of carbonyl (C=O) groups excluding carboxylic acids is 4. The topological polar surface area (TPSA) is 129 Å². The molecule has 4 rings (SSSR count). The molecule has 4 amide bonds. The van der Waals surface area contributed by atoms with Crippen LogP contribution >= 0.6 is 22.6 Å². The summed E-state index contributed by atoms with van der Waals surface area (Å²) in [5.41, 5.74) is 8.71. The molecule has 48 heavy (non-hydrogen) atoms. The summed E-state index contributed by atoms with van der Waals surface area (Å²) >= 11 is 2.18. The Bertz CT molecular complexity index is 1580. The van der Waals surface area contributed by atoms with Crippen LogP contribution in [0.4, 0.5) is 5.69 Å². The SMILES string of the molecule is CN(C)CCCOc1ccc(C2Cc3ccc(NC(=O)c4ccc(I)cc4)cc3C(=O)N2CCC(=O)N(CCN(C)C)CC(N)=O)cc1. The zero-order chi connectivity index (χ0) is 34.8. The highest BCUT2D eigenvalue weighted by Crippen LogP contribution is 2.35. The number of nitrogens with two attached hydrogens (primary N) is 1. The van der Waals surface area contributed by atoms with E-state index in [1.807, 2.05) is 81.6 Å². The Morgan fingerprint density at radius 2 is 1.62 bits per heavy atom. The maximum atomic E-state index is 14.2. The second kappa shape index (κ2) is 17.4. The molecule has 3 aromatic rings. The molecule has 0 aliphatic carbocycles. The normalized spacial score (nSPS) is 14.2. The van der Waals surface area contributed by atoms with E-state index in [1.54, 1.807) is 23.1 Å². The van der Waals surface area contributed by atoms with E-state index in [4.69, 9.17) is 10.5 Å². The number of carbonyl (C=O) groups is 4. The molecular weight excluding hydrogens is 723 g/mol. The van der Waals surface area contributed by atoms with Crippen LogP contribution in [-0.4, -0.2) is 111 Å². The number of nitrogens with zero attached hydrogens (tertiary/aromatic N) is 4. The first-order chi connectivity index (χ1) is 22.9. The average Bonchev–Trinajstić information content (AvgIpc) is 3.05. The summed E-state index contributed by atoms with van der Waals surface area (Å²) in [5, 5.41) is 2.91. The number of benzene rings is 3. The highest BCUT2D eigenvalue weighted by molar-refractivity contribution is 14.1. The third-order valence-electron chi connectivity index (χ3n) is 8.12. The predicted molar refractivity (Wildman–Crippen MR) is 195 cm³/mol. The van der Waals surface area contributed by atoms with Gasteiger partial charge in [0.05, 0.1) is 19.2 Å². The third kappa shape index (κ3) is 10.5. The molecule has 0 aromatic heterocycles. The van der Waals surface area contributed by atoms with E-state index < -0.39 is 5.91 Å². The minimum atomic E-state index is -0.591. The van der Waals surface area contributed by atoms with Gasteiger partial charge in [-0.1, -0.05) is 18.2 Å². The van der Waals surface area contributed by atoms with Crippen LogP contribution in [-0.2, 0) is 16.0 Å². The van der Waals surface area contributed by atoms with Crippen LogP contribution in [0.5, 0.6) is 5.75 Å². The number of hydrogen-bond acceptors (Lipinski definition) is 7. The van der Waals surface area contributed by atoms with Gasteiger partial charge in [-0.15, -0.1) is 0 Å². The van der Waals surface area contributed by atoms with Crippen molar-refractivity contribution in [1.82, 2.24) is 19.6 Å². The number of ether oxygens (including phenoxy) is 1. The average molecular weight is 769 g/mol. The van der Waals surface area contributed by atoms with E-state index in [-0.39, 0.29) is 43.3 Å². The molecule has 256 valence electrons. The van der Waals surface area contributed by atoms with E-state index in [0.29, 0.717) is 42.9 Å². The van der Waals surface area contributed by atoms with Crippen molar-refractivity contribution in [3.63, 3.8) is 0 Å². The van der Waals surface area contributed by atoms with Crippen LogP contribution in [0, 0.1) is 3.57 Å². The Labute approximate surface area is 296 Å². The van der Waals surface area contributed by atoms with Gasteiger partial charge in [0.25, 0.3) is 11.8 Å². The van der Waals surface area contributed by atoms with Gasteiger partial charge in [-0.2, -0.15) is 0 Å². The van der Waals surface area contributed by atoms with Gasteiger partial charge < -0.3 is 35.4 Å². The Morgan fingerprint density at radius 3 is 2.27 bits per heavy atom. The predicted octanol–water partition coefficient (Wildman–Crippen LogP) is 3.88.